The molecule has 4 nitrogen and oxygen atoms in total. The van der Waals surface area contributed by atoms with E-state index in [0.717, 1.165) is 23.0 Å². The van der Waals surface area contributed by atoms with Crippen LogP contribution < -0.4 is 10.6 Å². The summed E-state index contributed by atoms with van der Waals surface area (Å²) in [6.45, 7) is 4.28. The highest BCUT2D eigenvalue weighted by atomic mass is 79.9. The summed E-state index contributed by atoms with van der Waals surface area (Å²) in [5, 5.41) is 15.0. The fourth-order valence-corrected chi connectivity index (χ4v) is 2.48. The lowest BCUT2D eigenvalue weighted by Crippen LogP contribution is -2.37. The molecule has 1 aromatic rings. The average Bonchev–Trinajstić information content (AvgIpc) is 2.35. The van der Waals surface area contributed by atoms with Gasteiger partial charge in [0.05, 0.1) is 0 Å². The monoisotopic (exact) mass is 342 g/mol. The maximum absolute atomic E-state index is 11.9. The van der Waals surface area contributed by atoms with E-state index in [1.54, 1.807) is 0 Å². The van der Waals surface area contributed by atoms with Gasteiger partial charge in [0.25, 0.3) is 0 Å². The van der Waals surface area contributed by atoms with Gasteiger partial charge in [-0.05, 0) is 44.9 Å². The van der Waals surface area contributed by atoms with Crippen molar-refractivity contribution in [2.75, 3.05) is 11.9 Å². The molecule has 0 aliphatic heterocycles. The van der Waals surface area contributed by atoms with Gasteiger partial charge in [-0.2, -0.15) is 0 Å². The molecule has 5 heteroatoms. The first-order valence-corrected chi connectivity index (χ1v) is 7.73. The Morgan fingerprint density at radius 1 is 1.35 bits per heavy atom. The Bertz CT molecular complexity index is 426. The zero-order chi connectivity index (χ0) is 15.0. The predicted octanol–water partition coefficient (Wildman–Crippen LogP) is 2.92. The van der Waals surface area contributed by atoms with Crippen molar-refractivity contribution < 1.29 is 9.90 Å². The van der Waals surface area contributed by atoms with E-state index in [1.165, 1.54) is 0 Å². The molecule has 1 aromatic carbocycles. The van der Waals surface area contributed by atoms with Crippen LogP contribution in [0.3, 0.4) is 0 Å². The number of aliphatic hydroxyl groups is 1. The molecule has 0 saturated heterocycles. The molecule has 0 radical (unpaired) electrons. The molecule has 1 rings (SSSR count). The first-order valence-electron chi connectivity index (χ1n) is 6.93. The highest BCUT2D eigenvalue weighted by molar-refractivity contribution is 9.10. The lowest BCUT2D eigenvalue weighted by molar-refractivity contribution is -0.116. The molecule has 0 aliphatic rings. The van der Waals surface area contributed by atoms with Gasteiger partial charge in [0.2, 0.25) is 5.91 Å². The van der Waals surface area contributed by atoms with Gasteiger partial charge in [-0.25, -0.2) is 0 Å². The van der Waals surface area contributed by atoms with Crippen LogP contribution in [0.15, 0.2) is 28.7 Å². The number of hydrogen-bond acceptors (Lipinski definition) is 3. The van der Waals surface area contributed by atoms with Crippen LogP contribution >= 0.6 is 15.9 Å². The summed E-state index contributed by atoms with van der Waals surface area (Å²) in [6, 6.07) is 7.96. The van der Waals surface area contributed by atoms with Crippen molar-refractivity contribution >= 4 is 27.5 Å². The normalized spacial score (nSPS) is 13.8. The lowest BCUT2D eigenvalue weighted by atomic mass is 10.1. The van der Waals surface area contributed by atoms with E-state index >= 15 is 0 Å². The van der Waals surface area contributed by atoms with Gasteiger partial charge in [-0.15, -0.1) is 0 Å². The molecule has 1 amide bonds. The summed E-state index contributed by atoms with van der Waals surface area (Å²) >= 11 is 3.38. The molecule has 0 saturated carbocycles. The molecule has 0 aliphatic carbocycles. The van der Waals surface area contributed by atoms with Crippen LogP contribution in [0.2, 0.25) is 0 Å². The van der Waals surface area contributed by atoms with Crippen LogP contribution in [0.4, 0.5) is 5.69 Å². The molecule has 112 valence electrons. The Morgan fingerprint density at radius 2 is 2.10 bits per heavy atom. The minimum absolute atomic E-state index is 0.00235. The number of halogens is 1. The maximum atomic E-state index is 11.9. The molecule has 0 fully saturated rings. The van der Waals surface area contributed by atoms with Crippen LogP contribution in [0.25, 0.3) is 0 Å². The number of rotatable bonds is 8. The zero-order valence-electron chi connectivity index (χ0n) is 12.0. The van der Waals surface area contributed by atoms with Crippen molar-refractivity contribution in [3.63, 3.8) is 0 Å². The lowest BCUT2D eigenvalue weighted by Gasteiger charge is -2.19. The number of benzene rings is 1. The third-order valence-electron chi connectivity index (χ3n) is 2.96. The van der Waals surface area contributed by atoms with Gasteiger partial charge in [0.15, 0.2) is 0 Å². The fraction of sp³-hybridized carbons (Fsp3) is 0.533. The molecule has 0 bridgehead atoms. The first-order chi connectivity index (χ1) is 9.51. The highest BCUT2D eigenvalue weighted by Crippen LogP contribution is 2.15. The van der Waals surface area contributed by atoms with Gasteiger partial charge < -0.3 is 15.7 Å². The third-order valence-corrected chi connectivity index (χ3v) is 3.46. The van der Waals surface area contributed by atoms with Crippen molar-refractivity contribution in [3.8, 4) is 0 Å². The summed E-state index contributed by atoms with van der Waals surface area (Å²) in [5.41, 5.74) is 0.796. The minimum atomic E-state index is -0.00235. The molecule has 2 unspecified atom stereocenters. The highest BCUT2D eigenvalue weighted by Gasteiger charge is 2.12. The van der Waals surface area contributed by atoms with Gasteiger partial charge in [0.1, 0.15) is 0 Å². The second-order valence-electron chi connectivity index (χ2n) is 5.10. The summed E-state index contributed by atoms with van der Waals surface area (Å²) in [7, 11) is 0. The van der Waals surface area contributed by atoms with Gasteiger partial charge >= 0.3 is 0 Å². The van der Waals surface area contributed by atoms with Crippen molar-refractivity contribution in [2.45, 2.75) is 45.2 Å². The molecular weight excluding hydrogens is 320 g/mol. The standard InChI is InChI=1S/C15H23BrN2O2/c1-11(5-4-8-19)17-12(2)9-15(20)18-14-7-3-6-13(16)10-14/h3,6-7,10-12,17,19H,4-5,8-9H2,1-2H3,(H,18,20). The summed E-state index contributed by atoms with van der Waals surface area (Å²) < 4.78 is 0.944. The largest absolute Gasteiger partial charge is 0.396 e. The molecule has 20 heavy (non-hydrogen) atoms. The smallest absolute Gasteiger partial charge is 0.225 e. The van der Waals surface area contributed by atoms with Crippen molar-refractivity contribution in [1.82, 2.24) is 5.32 Å². The van der Waals surface area contributed by atoms with Gasteiger partial charge in [-0.1, -0.05) is 22.0 Å². The van der Waals surface area contributed by atoms with E-state index in [2.05, 4.69) is 33.5 Å². The molecular formula is C15H23BrN2O2. The fourth-order valence-electron chi connectivity index (χ4n) is 2.08. The van der Waals surface area contributed by atoms with E-state index in [4.69, 9.17) is 5.11 Å². The Kier molecular flexibility index (Phi) is 7.80. The number of carbonyl (C=O) groups excluding carboxylic acids is 1. The van der Waals surface area contributed by atoms with Crippen LogP contribution in [-0.4, -0.2) is 29.7 Å². The SMILES string of the molecule is CC(CCCO)NC(C)CC(=O)Nc1cccc(Br)c1. The molecule has 0 spiro atoms. The summed E-state index contributed by atoms with van der Waals surface area (Å²) in [5.74, 6) is -0.00235. The van der Waals surface area contributed by atoms with E-state index in [-0.39, 0.29) is 18.6 Å². The second-order valence-corrected chi connectivity index (χ2v) is 6.01. The summed E-state index contributed by atoms with van der Waals surface area (Å²) in [6.07, 6.45) is 2.12. The summed E-state index contributed by atoms with van der Waals surface area (Å²) in [4.78, 5) is 11.9. The number of carbonyl (C=O) groups is 1. The number of aliphatic hydroxyl groups excluding tert-OH is 1. The van der Waals surface area contributed by atoms with E-state index in [1.807, 2.05) is 31.2 Å². The molecule has 0 heterocycles. The van der Waals surface area contributed by atoms with Gasteiger partial charge in [0, 0.05) is 35.3 Å². The predicted molar refractivity (Wildman–Crippen MR) is 85.8 cm³/mol. The van der Waals surface area contributed by atoms with Crippen molar-refractivity contribution in [3.05, 3.63) is 28.7 Å². The Morgan fingerprint density at radius 3 is 2.75 bits per heavy atom. The Balaban J connectivity index is 2.34. The zero-order valence-corrected chi connectivity index (χ0v) is 13.6. The van der Waals surface area contributed by atoms with E-state index < -0.39 is 0 Å². The average molecular weight is 343 g/mol. The minimum Gasteiger partial charge on any atom is -0.396 e. The van der Waals surface area contributed by atoms with Crippen LogP contribution in [0.5, 0.6) is 0 Å². The molecule has 0 aromatic heterocycles. The third kappa shape index (κ3) is 7.03. The Hall–Kier alpha value is -0.910. The van der Waals surface area contributed by atoms with E-state index in [9.17, 15) is 4.79 Å². The molecule has 2 atom stereocenters. The second kappa shape index (κ2) is 9.10. The number of anilines is 1. The van der Waals surface area contributed by atoms with Crippen molar-refractivity contribution in [1.29, 1.82) is 0 Å². The van der Waals surface area contributed by atoms with Crippen LogP contribution in [0.1, 0.15) is 33.1 Å². The maximum Gasteiger partial charge on any atom is 0.225 e. The number of nitrogens with one attached hydrogen (secondary N) is 2. The number of amides is 1. The first kappa shape index (κ1) is 17.1. The van der Waals surface area contributed by atoms with Crippen LogP contribution in [-0.2, 0) is 4.79 Å². The topological polar surface area (TPSA) is 61.4 Å². The van der Waals surface area contributed by atoms with E-state index in [0.29, 0.717) is 12.5 Å². The molecule has 3 N–H and O–H groups in total. The van der Waals surface area contributed by atoms with Crippen LogP contribution in [0, 0.1) is 0 Å². The quantitative estimate of drug-likeness (QED) is 0.680. The number of hydrogen-bond donors (Lipinski definition) is 3. The van der Waals surface area contributed by atoms with Gasteiger partial charge in [-0.3, -0.25) is 4.79 Å². The van der Waals surface area contributed by atoms with Crippen molar-refractivity contribution in [2.24, 2.45) is 0 Å². The Labute approximate surface area is 129 Å².